The molecule has 0 aliphatic carbocycles. The number of halogens is 1. The Morgan fingerprint density at radius 2 is 2.29 bits per heavy atom. The van der Waals surface area contributed by atoms with Crippen LogP contribution in [0, 0.1) is 3.70 Å². The summed E-state index contributed by atoms with van der Waals surface area (Å²) in [6, 6.07) is 6.92. The standard InChI is InChI=1S/C13H11IN4O3/c14-12-3-5-18(16-12)6-4-15-13(19)9-8-11(21-17-9)10-2-1-7-20-10/h1-3,5,7-8H,4,6H2,(H,15,19). The van der Waals surface area contributed by atoms with Crippen molar-refractivity contribution >= 4 is 28.5 Å². The molecule has 3 aromatic rings. The van der Waals surface area contributed by atoms with Gasteiger partial charge in [0.25, 0.3) is 5.91 Å². The molecular formula is C13H11IN4O3. The summed E-state index contributed by atoms with van der Waals surface area (Å²) in [6.07, 6.45) is 3.39. The summed E-state index contributed by atoms with van der Waals surface area (Å²) >= 11 is 2.13. The summed E-state index contributed by atoms with van der Waals surface area (Å²) < 4.78 is 12.9. The van der Waals surface area contributed by atoms with E-state index < -0.39 is 0 Å². The van der Waals surface area contributed by atoms with Crippen molar-refractivity contribution in [3.63, 3.8) is 0 Å². The normalized spacial score (nSPS) is 10.7. The second-order valence-electron chi connectivity index (χ2n) is 4.21. The fourth-order valence-corrected chi connectivity index (χ4v) is 2.19. The minimum absolute atomic E-state index is 0.219. The van der Waals surface area contributed by atoms with Gasteiger partial charge in [0, 0.05) is 18.8 Å². The molecule has 3 rings (SSSR count). The highest BCUT2D eigenvalue weighted by atomic mass is 127. The fraction of sp³-hybridized carbons (Fsp3) is 0.154. The first-order valence-electron chi connectivity index (χ1n) is 6.20. The molecular weight excluding hydrogens is 387 g/mol. The van der Waals surface area contributed by atoms with E-state index in [9.17, 15) is 4.79 Å². The molecule has 0 aromatic carbocycles. The minimum Gasteiger partial charge on any atom is -0.461 e. The van der Waals surface area contributed by atoms with Crippen LogP contribution in [0.3, 0.4) is 0 Å². The highest BCUT2D eigenvalue weighted by molar-refractivity contribution is 14.1. The number of hydrogen-bond acceptors (Lipinski definition) is 5. The maximum atomic E-state index is 11.9. The van der Waals surface area contributed by atoms with Crippen LogP contribution in [0.4, 0.5) is 0 Å². The highest BCUT2D eigenvalue weighted by Crippen LogP contribution is 2.20. The Hall–Kier alpha value is -2.10. The second kappa shape index (κ2) is 6.12. The van der Waals surface area contributed by atoms with Crippen molar-refractivity contribution in [3.05, 3.63) is 46.1 Å². The lowest BCUT2D eigenvalue weighted by molar-refractivity contribution is 0.0943. The molecule has 0 spiro atoms. The molecule has 0 saturated carbocycles. The quantitative estimate of drug-likeness (QED) is 0.666. The second-order valence-corrected chi connectivity index (χ2v) is 5.32. The molecule has 21 heavy (non-hydrogen) atoms. The van der Waals surface area contributed by atoms with Crippen LogP contribution >= 0.6 is 22.6 Å². The number of rotatable bonds is 5. The molecule has 0 atom stereocenters. The maximum absolute atomic E-state index is 11.9. The Balaban J connectivity index is 1.56. The van der Waals surface area contributed by atoms with E-state index in [2.05, 4.69) is 38.2 Å². The topological polar surface area (TPSA) is 86.1 Å². The zero-order valence-electron chi connectivity index (χ0n) is 10.8. The third-order valence-corrected chi connectivity index (χ3v) is 3.32. The first-order chi connectivity index (χ1) is 10.2. The average Bonchev–Trinajstić information content (AvgIpc) is 3.19. The lowest BCUT2D eigenvalue weighted by atomic mass is 10.3. The van der Waals surface area contributed by atoms with Crippen LogP contribution < -0.4 is 5.32 Å². The summed E-state index contributed by atoms with van der Waals surface area (Å²) in [6.45, 7) is 1.05. The molecule has 108 valence electrons. The molecule has 3 heterocycles. The monoisotopic (exact) mass is 398 g/mol. The molecule has 0 bridgehead atoms. The van der Waals surface area contributed by atoms with Gasteiger partial charge >= 0.3 is 0 Å². The van der Waals surface area contributed by atoms with Gasteiger partial charge in [0.1, 0.15) is 3.70 Å². The predicted molar refractivity (Wildman–Crippen MR) is 81.5 cm³/mol. The largest absolute Gasteiger partial charge is 0.461 e. The number of aromatic nitrogens is 3. The Morgan fingerprint density at radius 3 is 3.00 bits per heavy atom. The third kappa shape index (κ3) is 3.32. The van der Waals surface area contributed by atoms with Crippen LogP contribution in [0.5, 0.6) is 0 Å². The molecule has 1 amide bonds. The maximum Gasteiger partial charge on any atom is 0.273 e. The van der Waals surface area contributed by atoms with Crippen LogP contribution in [0.2, 0.25) is 0 Å². The van der Waals surface area contributed by atoms with Gasteiger partial charge in [-0.05, 0) is 40.8 Å². The van der Waals surface area contributed by atoms with Crippen LogP contribution in [-0.4, -0.2) is 27.4 Å². The molecule has 0 saturated heterocycles. The number of nitrogens with zero attached hydrogens (tertiary/aromatic N) is 3. The van der Waals surface area contributed by atoms with Gasteiger partial charge in [0.15, 0.2) is 11.5 Å². The lowest BCUT2D eigenvalue weighted by Crippen LogP contribution is -2.27. The highest BCUT2D eigenvalue weighted by Gasteiger charge is 2.14. The molecule has 1 N–H and O–H groups in total. The van der Waals surface area contributed by atoms with Gasteiger partial charge in [0.2, 0.25) is 5.76 Å². The molecule has 0 radical (unpaired) electrons. The molecule has 7 nitrogen and oxygen atoms in total. The van der Waals surface area contributed by atoms with Crippen molar-refractivity contribution in [1.29, 1.82) is 0 Å². The van der Waals surface area contributed by atoms with E-state index >= 15 is 0 Å². The summed E-state index contributed by atoms with van der Waals surface area (Å²) in [4.78, 5) is 11.9. The molecule has 8 heteroatoms. The van der Waals surface area contributed by atoms with E-state index in [1.54, 1.807) is 22.9 Å². The van der Waals surface area contributed by atoms with E-state index in [0.717, 1.165) is 3.70 Å². The van der Waals surface area contributed by atoms with Gasteiger partial charge in [-0.2, -0.15) is 5.10 Å². The van der Waals surface area contributed by atoms with Gasteiger partial charge in [-0.25, -0.2) is 0 Å². The predicted octanol–water partition coefficient (Wildman–Crippen LogP) is 2.17. The summed E-state index contributed by atoms with van der Waals surface area (Å²) in [5.74, 6) is 0.665. The van der Waals surface area contributed by atoms with E-state index in [-0.39, 0.29) is 11.6 Å². The average molecular weight is 398 g/mol. The zero-order valence-corrected chi connectivity index (χ0v) is 13.0. The van der Waals surface area contributed by atoms with E-state index in [1.165, 1.54) is 6.26 Å². The first kappa shape index (κ1) is 13.9. The minimum atomic E-state index is -0.293. The van der Waals surface area contributed by atoms with Crippen LogP contribution in [0.25, 0.3) is 11.5 Å². The Kier molecular flexibility index (Phi) is 4.04. The lowest BCUT2D eigenvalue weighted by Gasteiger charge is -2.02. The molecule has 0 aliphatic rings. The van der Waals surface area contributed by atoms with E-state index in [0.29, 0.717) is 24.6 Å². The van der Waals surface area contributed by atoms with Gasteiger partial charge in [-0.3, -0.25) is 9.48 Å². The number of hydrogen-bond donors (Lipinski definition) is 1. The SMILES string of the molecule is O=C(NCCn1ccc(I)n1)c1cc(-c2ccco2)on1. The van der Waals surface area contributed by atoms with E-state index in [4.69, 9.17) is 8.94 Å². The number of nitrogens with one attached hydrogen (secondary N) is 1. The molecule has 0 fully saturated rings. The van der Waals surface area contributed by atoms with Crippen molar-refractivity contribution in [1.82, 2.24) is 20.3 Å². The summed E-state index contributed by atoms with van der Waals surface area (Å²) in [5, 5.41) is 10.7. The van der Waals surface area contributed by atoms with Crippen LogP contribution in [-0.2, 0) is 6.54 Å². The van der Waals surface area contributed by atoms with Crippen molar-refractivity contribution in [2.75, 3.05) is 6.54 Å². The number of amides is 1. The number of carbonyl (C=O) groups is 1. The molecule has 0 unspecified atom stereocenters. The summed E-state index contributed by atoms with van der Waals surface area (Å²) in [5.41, 5.74) is 0.219. The Morgan fingerprint density at radius 1 is 1.38 bits per heavy atom. The number of carbonyl (C=O) groups excluding carboxylic acids is 1. The van der Waals surface area contributed by atoms with Crippen molar-refractivity contribution in [2.24, 2.45) is 0 Å². The van der Waals surface area contributed by atoms with Gasteiger partial charge in [-0.15, -0.1) is 0 Å². The van der Waals surface area contributed by atoms with Gasteiger partial charge in [-0.1, -0.05) is 5.16 Å². The zero-order chi connectivity index (χ0) is 14.7. The summed E-state index contributed by atoms with van der Waals surface area (Å²) in [7, 11) is 0. The Bertz CT molecular complexity index is 732. The van der Waals surface area contributed by atoms with Crippen molar-refractivity contribution in [2.45, 2.75) is 6.54 Å². The fourth-order valence-electron chi connectivity index (χ4n) is 1.75. The van der Waals surface area contributed by atoms with Crippen molar-refractivity contribution in [3.8, 4) is 11.5 Å². The van der Waals surface area contributed by atoms with Crippen LogP contribution in [0.1, 0.15) is 10.5 Å². The smallest absolute Gasteiger partial charge is 0.273 e. The Labute approximate surface area is 133 Å². The molecule has 3 aromatic heterocycles. The number of furan rings is 1. The first-order valence-corrected chi connectivity index (χ1v) is 7.28. The van der Waals surface area contributed by atoms with Gasteiger partial charge in [0.05, 0.1) is 12.8 Å². The van der Waals surface area contributed by atoms with E-state index in [1.807, 2.05) is 12.3 Å². The molecule has 0 aliphatic heterocycles. The van der Waals surface area contributed by atoms with Gasteiger partial charge < -0.3 is 14.3 Å². The third-order valence-electron chi connectivity index (χ3n) is 2.74. The van der Waals surface area contributed by atoms with Crippen LogP contribution in [0.15, 0.2) is 45.7 Å². The van der Waals surface area contributed by atoms with Crippen molar-refractivity contribution < 1.29 is 13.7 Å².